The Hall–Kier alpha value is -3.47. The molecule has 0 nitrogen and oxygen atoms in total. The molecule has 0 N–H and O–H groups in total. The van der Waals surface area contributed by atoms with Crippen LogP contribution in [0.25, 0.3) is 0 Å². The Morgan fingerprint density at radius 2 is 0.718 bits per heavy atom. The van der Waals surface area contributed by atoms with Gasteiger partial charge in [-0.05, 0) is 91.4 Å². The Bertz CT molecular complexity index is 1400. The summed E-state index contributed by atoms with van der Waals surface area (Å²) in [6.07, 6.45) is 0. The van der Waals surface area contributed by atoms with E-state index in [0.29, 0.717) is 0 Å². The summed E-state index contributed by atoms with van der Waals surface area (Å²) in [6, 6.07) is 43.3. The molecule has 0 aromatic heterocycles. The zero-order chi connectivity index (χ0) is 27.5. The molecule has 0 aliphatic rings. The van der Waals surface area contributed by atoms with Gasteiger partial charge in [0.15, 0.2) is 0 Å². The summed E-state index contributed by atoms with van der Waals surface area (Å²) in [6.45, 7) is 13.7. The lowest BCUT2D eigenvalue weighted by Gasteiger charge is -2.39. The largest absolute Gasteiger partial charge is 0.0622 e. The Kier molecular flexibility index (Phi) is 8.15. The molecule has 5 aromatic rings. The first kappa shape index (κ1) is 27.1. The van der Waals surface area contributed by atoms with Crippen molar-refractivity contribution >= 4 is 13.2 Å². The third kappa shape index (κ3) is 5.63. The van der Waals surface area contributed by atoms with E-state index < -0.39 is 7.92 Å². The molecule has 0 bridgehead atoms. The molecule has 5 rings (SSSR count). The second-order valence-corrected chi connectivity index (χ2v) is 13.4. The van der Waals surface area contributed by atoms with Crippen LogP contribution in [0, 0.1) is 41.5 Å². The van der Waals surface area contributed by atoms with Crippen LogP contribution < -0.4 is 5.30 Å². The maximum Gasteiger partial charge on any atom is 0.0345 e. The molecule has 0 amide bonds. The molecule has 39 heavy (non-hydrogen) atoms. The first-order chi connectivity index (χ1) is 18.8. The highest BCUT2D eigenvalue weighted by atomic mass is 31.1. The number of rotatable bonds is 7. The van der Waals surface area contributed by atoms with Crippen LogP contribution in [0.4, 0.5) is 0 Å². The smallest absolute Gasteiger partial charge is 0.0345 e. The second kappa shape index (κ2) is 11.7. The number of aryl methyl sites for hydroxylation is 6. The highest BCUT2D eigenvalue weighted by Gasteiger charge is 2.37. The maximum atomic E-state index is 2.37. The summed E-state index contributed by atoms with van der Waals surface area (Å²) >= 11 is 0. The predicted molar refractivity (Wildman–Crippen MR) is 171 cm³/mol. The first-order valence-electron chi connectivity index (χ1n) is 13.9. The van der Waals surface area contributed by atoms with Gasteiger partial charge in [0.05, 0.1) is 0 Å². The normalized spacial score (nSPS) is 13.6. The van der Waals surface area contributed by atoms with Crippen LogP contribution in [0.15, 0.2) is 115 Å². The van der Waals surface area contributed by atoms with Crippen molar-refractivity contribution in [2.75, 3.05) is 0 Å². The van der Waals surface area contributed by atoms with E-state index in [2.05, 4.69) is 157 Å². The van der Waals surface area contributed by atoms with E-state index in [1.807, 2.05) is 0 Å². The third-order valence-corrected chi connectivity index (χ3v) is 11.0. The van der Waals surface area contributed by atoms with Crippen molar-refractivity contribution in [3.8, 4) is 0 Å². The van der Waals surface area contributed by atoms with Crippen LogP contribution in [-0.4, -0.2) is 0 Å². The zero-order valence-electron chi connectivity index (χ0n) is 24.1. The lowest BCUT2D eigenvalue weighted by atomic mass is 9.93. The van der Waals surface area contributed by atoms with Gasteiger partial charge in [-0.15, -0.1) is 0 Å². The minimum atomic E-state index is -0.772. The van der Waals surface area contributed by atoms with Crippen molar-refractivity contribution in [1.29, 1.82) is 0 Å². The van der Waals surface area contributed by atoms with Crippen LogP contribution in [0.3, 0.4) is 0 Å². The van der Waals surface area contributed by atoms with Crippen molar-refractivity contribution in [2.45, 2.75) is 52.9 Å². The van der Waals surface area contributed by atoms with Crippen LogP contribution in [-0.2, 0) is 0 Å². The molecule has 2 atom stereocenters. The van der Waals surface area contributed by atoms with Crippen molar-refractivity contribution in [3.63, 3.8) is 0 Å². The van der Waals surface area contributed by atoms with Crippen molar-refractivity contribution in [2.24, 2.45) is 0 Å². The lowest BCUT2D eigenvalue weighted by Crippen LogP contribution is -2.19. The van der Waals surface area contributed by atoms with E-state index in [1.54, 1.807) is 0 Å². The second-order valence-electron chi connectivity index (χ2n) is 11.0. The van der Waals surface area contributed by atoms with Crippen LogP contribution in [0.1, 0.15) is 67.0 Å². The Labute approximate surface area is 236 Å². The molecule has 196 valence electrons. The molecular weight excluding hydrogens is 487 g/mol. The van der Waals surface area contributed by atoms with Gasteiger partial charge in [0.25, 0.3) is 0 Å². The van der Waals surface area contributed by atoms with Gasteiger partial charge in [-0.1, -0.05) is 134 Å². The third-order valence-electron chi connectivity index (χ3n) is 7.86. The average Bonchev–Trinajstić information content (AvgIpc) is 2.92. The molecule has 0 aliphatic heterocycles. The summed E-state index contributed by atoms with van der Waals surface area (Å²) in [4.78, 5) is 0. The van der Waals surface area contributed by atoms with Crippen LogP contribution in [0.5, 0.6) is 0 Å². The summed E-state index contributed by atoms with van der Waals surface area (Å²) in [5.74, 6) is 0. The summed E-state index contributed by atoms with van der Waals surface area (Å²) in [5.41, 5.74) is 14.4. The van der Waals surface area contributed by atoms with Gasteiger partial charge in [-0.25, -0.2) is 0 Å². The van der Waals surface area contributed by atoms with E-state index >= 15 is 0 Å². The molecule has 0 aliphatic carbocycles. The summed E-state index contributed by atoms with van der Waals surface area (Å²) in [7, 11) is -0.772. The van der Waals surface area contributed by atoms with E-state index in [1.165, 1.54) is 60.9 Å². The molecule has 0 heterocycles. The predicted octanol–water partition coefficient (Wildman–Crippen LogP) is 10.2. The van der Waals surface area contributed by atoms with Gasteiger partial charge in [-0.2, -0.15) is 0 Å². The molecule has 2 unspecified atom stereocenters. The van der Waals surface area contributed by atoms with Crippen LogP contribution in [0.2, 0.25) is 0 Å². The van der Waals surface area contributed by atoms with Crippen molar-refractivity contribution < 1.29 is 0 Å². The van der Waals surface area contributed by atoms with Gasteiger partial charge >= 0.3 is 0 Å². The standard InChI is InChI=1S/C38H39P/c1-26-22-28(3)35(29(4)23-26)37(32-16-10-7-11-17-32)39(34-20-14-9-15-21-34)38(33-18-12-8-13-19-33)36-30(5)24-27(2)25-31(36)6/h7-25,37-38H,1-6H3. The fourth-order valence-electron chi connectivity index (χ4n) is 6.50. The van der Waals surface area contributed by atoms with Gasteiger partial charge in [-0.3, -0.25) is 0 Å². The minimum absolute atomic E-state index is 0.245. The fraction of sp³-hybridized carbons (Fsp3) is 0.211. The molecule has 0 saturated heterocycles. The summed E-state index contributed by atoms with van der Waals surface area (Å²) in [5, 5.41) is 1.44. The van der Waals surface area contributed by atoms with E-state index in [4.69, 9.17) is 0 Å². The average molecular weight is 527 g/mol. The Morgan fingerprint density at radius 1 is 0.410 bits per heavy atom. The molecule has 0 saturated carbocycles. The van der Waals surface area contributed by atoms with Gasteiger partial charge in [0.1, 0.15) is 0 Å². The molecule has 0 fully saturated rings. The van der Waals surface area contributed by atoms with Gasteiger partial charge < -0.3 is 0 Å². The van der Waals surface area contributed by atoms with E-state index in [0.717, 1.165) is 0 Å². The quantitative estimate of drug-likeness (QED) is 0.185. The van der Waals surface area contributed by atoms with E-state index in [-0.39, 0.29) is 11.3 Å². The molecular formula is C38H39P. The molecule has 1 heteroatoms. The molecule has 0 spiro atoms. The van der Waals surface area contributed by atoms with Crippen LogP contribution >= 0.6 is 7.92 Å². The van der Waals surface area contributed by atoms with E-state index in [9.17, 15) is 0 Å². The molecule has 5 aromatic carbocycles. The minimum Gasteiger partial charge on any atom is -0.0622 e. The number of benzene rings is 5. The highest BCUT2D eigenvalue weighted by molar-refractivity contribution is 7.66. The number of hydrogen-bond donors (Lipinski definition) is 0. The Balaban J connectivity index is 1.90. The first-order valence-corrected chi connectivity index (χ1v) is 15.4. The monoisotopic (exact) mass is 526 g/mol. The Morgan fingerprint density at radius 3 is 1.05 bits per heavy atom. The topological polar surface area (TPSA) is 0 Å². The van der Waals surface area contributed by atoms with Crippen molar-refractivity contribution in [3.05, 3.63) is 171 Å². The highest BCUT2D eigenvalue weighted by Crippen LogP contribution is 2.66. The maximum absolute atomic E-state index is 2.37. The van der Waals surface area contributed by atoms with Gasteiger partial charge in [0, 0.05) is 11.3 Å². The zero-order valence-corrected chi connectivity index (χ0v) is 25.0. The molecule has 0 radical (unpaired) electrons. The summed E-state index contributed by atoms with van der Waals surface area (Å²) < 4.78 is 0. The fourth-order valence-corrected chi connectivity index (χ4v) is 10.3. The SMILES string of the molecule is Cc1cc(C)c(C(c2ccccc2)P(c2ccccc2)C(c2ccccc2)c2c(C)cc(C)cc2C)c(C)c1. The van der Waals surface area contributed by atoms with Gasteiger partial charge in [0.2, 0.25) is 0 Å². The lowest BCUT2D eigenvalue weighted by molar-refractivity contribution is 1.02. The van der Waals surface area contributed by atoms with Crippen molar-refractivity contribution in [1.82, 2.24) is 0 Å². The number of hydrogen-bond acceptors (Lipinski definition) is 0.